The highest BCUT2D eigenvalue weighted by Crippen LogP contribution is 2.24. The molecule has 2 rings (SSSR count). The van der Waals surface area contributed by atoms with Crippen LogP contribution in [0.25, 0.3) is 0 Å². The summed E-state index contributed by atoms with van der Waals surface area (Å²) in [5, 5.41) is 2.66. The molecule has 5 nitrogen and oxygen atoms in total. The van der Waals surface area contributed by atoms with Crippen molar-refractivity contribution in [3.05, 3.63) is 33.8 Å². The van der Waals surface area contributed by atoms with E-state index in [4.69, 9.17) is 4.74 Å². The van der Waals surface area contributed by atoms with Crippen LogP contribution in [0, 0.1) is 11.6 Å². The Kier molecular flexibility index (Phi) is 5.47. The molecule has 1 aromatic rings. The standard InChI is InChI=1S/C16H19BrF2N2O3/c1-16(2,3)24-15(23)20-9-6-7-21(8-9)14(22)12-11(18)5-4-10(17)13(12)19/h4-5,9H,6-8H2,1-3H3,(H,20,23)/t9-/m1/s1. The van der Waals surface area contributed by atoms with Gasteiger partial charge in [-0.05, 0) is 55.3 Å². The van der Waals surface area contributed by atoms with Crippen LogP contribution in [-0.4, -0.2) is 41.6 Å². The minimum atomic E-state index is -0.927. The van der Waals surface area contributed by atoms with Crippen molar-refractivity contribution in [3.63, 3.8) is 0 Å². The van der Waals surface area contributed by atoms with Crippen LogP contribution in [0.4, 0.5) is 13.6 Å². The summed E-state index contributed by atoms with van der Waals surface area (Å²) in [6.45, 7) is 5.70. The molecule has 1 atom stereocenters. The van der Waals surface area contributed by atoms with Crippen molar-refractivity contribution in [2.75, 3.05) is 13.1 Å². The first-order chi connectivity index (χ1) is 11.1. The highest BCUT2D eigenvalue weighted by Gasteiger charge is 2.32. The zero-order chi connectivity index (χ0) is 18.1. The number of ether oxygens (including phenoxy) is 1. The summed E-state index contributed by atoms with van der Waals surface area (Å²) in [6, 6.07) is 1.92. The zero-order valence-corrected chi connectivity index (χ0v) is 15.2. The van der Waals surface area contributed by atoms with E-state index in [1.54, 1.807) is 20.8 Å². The molecule has 1 fully saturated rings. The van der Waals surface area contributed by atoms with Crippen molar-refractivity contribution in [2.24, 2.45) is 0 Å². The number of hydrogen-bond donors (Lipinski definition) is 1. The predicted octanol–water partition coefficient (Wildman–Crippen LogP) is 3.47. The molecule has 0 spiro atoms. The number of rotatable bonds is 2. The van der Waals surface area contributed by atoms with E-state index in [2.05, 4.69) is 21.2 Å². The summed E-state index contributed by atoms with van der Waals surface area (Å²) in [5.74, 6) is -2.58. The zero-order valence-electron chi connectivity index (χ0n) is 13.7. The van der Waals surface area contributed by atoms with Gasteiger partial charge >= 0.3 is 6.09 Å². The minimum absolute atomic E-state index is 0.0230. The molecule has 0 aromatic heterocycles. The van der Waals surface area contributed by atoms with Gasteiger partial charge in [-0.3, -0.25) is 4.79 Å². The lowest BCUT2D eigenvalue weighted by molar-refractivity contribution is 0.0501. The first kappa shape index (κ1) is 18.6. The number of benzene rings is 1. The largest absolute Gasteiger partial charge is 0.444 e. The Hall–Kier alpha value is -1.70. The Morgan fingerprint density at radius 2 is 2.00 bits per heavy atom. The van der Waals surface area contributed by atoms with Crippen LogP contribution >= 0.6 is 15.9 Å². The maximum Gasteiger partial charge on any atom is 0.407 e. The number of nitrogens with zero attached hydrogens (tertiary/aromatic N) is 1. The lowest BCUT2D eigenvalue weighted by atomic mass is 10.1. The van der Waals surface area contributed by atoms with Gasteiger partial charge in [0.05, 0.1) is 10.5 Å². The molecule has 0 aliphatic carbocycles. The SMILES string of the molecule is CC(C)(C)OC(=O)N[C@@H]1CCN(C(=O)c2c(F)ccc(Br)c2F)C1. The molecule has 0 radical (unpaired) electrons. The quantitative estimate of drug-likeness (QED) is 0.767. The maximum atomic E-state index is 14.0. The average molecular weight is 405 g/mol. The third-order valence-corrected chi connectivity index (χ3v) is 4.07. The second-order valence-corrected chi connectivity index (χ2v) is 7.46. The molecule has 132 valence electrons. The van der Waals surface area contributed by atoms with Crippen LogP contribution in [0.15, 0.2) is 16.6 Å². The molecule has 8 heteroatoms. The lowest BCUT2D eigenvalue weighted by Gasteiger charge is -2.22. The van der Waals surface area contributed by atoms with E-state index in [-0.39, 0.29) is 17.1 Å². The van der Waals surface area contributed by atoms with Crippen LogP contribution < -0.4 is 5.32 Å². The van der Waals surface area contributed by atoms with Gasteiger partial charge in [0.2, 0.25) is 0 Å². The number of carbonyl (C=O) groups excluding carboxylic acids is 2. The average Bonchev–Trinajstić information content (AvgIpc) is 2.89. The van der Waals surface area contributed by atoms with E-state index in [0.717, 1.165) is 6.07 Å². The summed E-state index contributed by atoms with van der Waals surface area (Å²) in [6.07, 6.45) is -0.0935. The van der Waals surface area contributed by atoms with Gasteiger partial charge in [0, 0.05) is 13.1 Å². The first-order valence-electron chi connectivity index (χ1n) is 7.51. The Balaban J connectivity index is 2.02. The van der Waals surface area contributed by atoms with Gasteiger partial charge in [0.15, 0.2) is 5.82 Å². The molecular formula is C16H19BrF2N2O3. The van der Waals surface area contributed by atoms with E-state index in [1.807, 2.05) is 0 Å². The van der Waals surface area contributed by atoms with Crippen molar-refractivity contribution in [2.45, 2.75) is 38.8 Å². The third kappa shape index (κ3) is 4.43. The van der Waals surface area contributed by atoms with Crippen LogP contribution in [0.1, 0.15) is 37.6 Å². The van der Waals surface area contributed by atoms with E-state index in [0.29, 0.717) is 13.0 Å². The molecule has 1 saturated heterocycles. The highest BCUT2D eigenvalue weighted by molar-refractivity contribution is 9.10. The minimum Gasteiger partial charge on any atom is -0.444 e. The van der Waals surface area contributed by atoms with Gasteiger partial charge in [0.1, 0.15) is 17.0 Å². The summed E-state index contributed by atoms with van der Waals surface area (Å²) < 4.78 is 33.0. The van der Waals surface area contributed by atoms with E-state index < -0.39 is 34.8 Å². The maximum absolute atomic E-state index is 14.0. The second-order valence-electron chi connectivity index (χ2n) is 6.60. The third-order valence-electron chi connectivity index (χ3n) is 3.45. The monoisotopic (exact) mass is 404 g/mol. The van der Waals surface area contributed by atoms with Crippen molar-refractivity contribution >= 4 is 27.9 Å². The number of nitrogens with one attached hydrogen (secondary N) is 1. The second kappa shape index (κ2) is 7.04. The van der Waals surface area contributed by atoms with Gasteiger partial charge < -0.3 is 15.0 Å². The van der Waals surface area contributed by atoms with Crippen LogP contribution in [0.5, 0.6) is 0 Å². The highest BCUT2D eigenvalue weighted by atomic mass is 79.9. The number of amides is 2. The van der Waals surface area contributed by atoms with Gasteiger partial charge in [-0.1, -0.05) is 0 Å². The van der Waals surface area contributed by atoms with Gasteiger partial charge in [-0.25, -0.2) is 13.6 Å². The molecule has 0 saturated carbocycles. The van der Waals surface area contributed by atoms with Gasteiger partial charge in [0.25, 0.3) is 5.91 Å². The van der Waals surface area contributed by atoms with E-state index in [9.17, 15) is 18.4 Å². The molecule has 1 aliphatic heterocycles. The van der Waals surface area contributed by atoms with Crippen LogP contribution in [-0.2, 0) is 4.74 Å². The van der Waals surface area contributed by atoms with Crippen molar-refractivity contribution in [3.8, 4) is 0 Å². The smallest absolute Gasteiger partial charge is 0.407 e. The molecule has 0 unspecified atom stereocenters. The molecule has 1 N–H and O–H groups in total. The molecule has 2 amide bonds. The molecule has 0 bridgehead atoms. The number of halogens is 3. The fraction of sp³-hybridized carbons (Fsp3) is 0.500. The summed E-state index contributed by atoms with van der Waals surface area (Å²) in [5.41, 5.74) is -1.22. The summed E-state index contributed by atoms with van der Waals surface area (Å²) in [4.78, 5) is 25.4. The Morgan fingerprint density at radius 1 is 1.33 bits per heavy atom. The predicted molar refractivity (Wildman–Crippen MR) is 87.7 cm³/mol. The van der Waals surface area contributed by atoms with Crippen molar-refractivity contribution < 1.29 is 23.1 Å². The van der Waals surface area contributed by atoms with Crippen molar-refractivity contribution in [1.82, 2.24) is 10.2 Å². The number of alkyl carbamates (subject to hydrolysis) is 1. The number of carbonyl (C=O) groups is 2. The van der Waals surface area contributed by atoms with Crippen LogP contribution in [0.3, 0.4) is 0 Å². The molecule has 24 heavy (non-hydrogen) atoms. The fourth-order valence-electron chi connectivity index (χ4n) is 2.42. The normalized spacial score (nSPS) is 17.8. The van der Waals surface area contributed by atoms with Crippen molar-refractivity contribution in [1.29, 1.82) is 0 Å². The molecule has 1 aromatic carbocycles. The molecular weight excluding hydrogens is 386 g/mol. The first-order valence-corrected chi connectivity index (χ1v) is 8.30. The topological polar surface area (TPSA) is 58.6 Å². The summed E-state index contributed by atoms with van der Waals surface area (Å²) in [7, 11) is 0. The fourth-order valence-corrected chi connectivity index (χ4v) is 2.75. The Labute approximate surface area is 147 Å². The van der Waals surface area contributed by atoms with E-state index in [1.165, 1.54) is 11.0 Å². The summed E-state index contributed by atoms with van der Waals surface area (Å²) >= 11 is 2.94. The van der Waals surface area contributed by atoms with Crippen LogP contribution in [0.2, 0.25) is 0 Å². The van der Waals surface area contributed by atoms with Gasteiger partial charge in [-0.2, -0.15) is 0 Å². The lowest BCUT2D eigenvalue weighted by Crippen LogP contribution is -2.41. The molecule has 1 aliphatic rings. The number of hydrogen-bond acceptors (Lipinski definition) is 3. The van der Waals surface area contributed by atoms with E-state index >= 15 is 0 Å². The Morgan fingerprint density at radius 3 is 2.62 bits per heavy atom. The number of likely N-dealkylation sites (tertiary alicyclic amines) is 1. The molecule has 1 heterocycles. The Bertz CT molecular complexity index is 661. The van der Waals surface area contributed by atoms with Gasteiger partial charge in [-0.15, -0.1) is 0 Å².